The highest BCUT2D eigenvalue weighted by molar-refractivity contribution is 5.97. The molecule has 0 heterocycles. The minimum absolute atomic E-state index is 0.171. The summed E-state index contributed by atoms with van der Waals surface area (Å²) in [6.45, 7) is 3.33. The fraction of sp³-hybridized carbons (Fsp3) is 0.200. The molecule has 0 aliphatic heterocycles. The summed E-state index contributed by atoms with van der Waals surface area (Å²) in [5.74, 6) is -1.54. The Bertz CT molecular complexity index is 387. The molecule has 0 spiro atoms. The molecular formula is C10H11NO3. The third-order valence-corrected chi connectivity index (χ3v) is 2.03. The maximum absolute atomic E-state index is 11.0. The van der Waals surface area contributed by atoms with Crippen LogP contribution in [0.4, 0.5) is 0 Å². The van der Waals surface area contributed by atoms with Crippen LogP contribution in [0.2, 0.25) is 0 Å². The van der Waals surface area contributed by atoms with Crippen LogP contribution in [0, 0.1) is 13.8 Å². The van der Waals surface area contributed by atoms with Crippen molar-refractivity contribution in [1.82, 2.24) is 0 Å². The van der Waals surface area contributed by atoms with Gasteiger partial charge in [-0.2, -0.15) is 0 Å². The van der Waals surface area contributed by atoms with E-state index in [2.05, 4.69) is 0 Å². The molecule has 4 heteroatoms. The van der Waals surface area contributed by atoms with Gasteiger partial charge in [0.25, 0.3) is 0 Å². The third kappa shape index (κ3) is 1.74. The van der Waals surface area contributed by atoms with Crippen molar-refractivity contribution in [3.05, 3.63) is 34.4 Å². The van der Waals surface area contributed by atoms with Crippen LogP contribution in [0.15, 0.2) is 12.1 Å². The predicted octanol–water partition coefficient (Wildman–Crippen LogP) is 1.10. The molecule has 0 unspecified atom stereocenters. The zero-order chi connectivity index (χ0) is 10.9. The third-order valence-electron chi connectivity index (χ3n) is 2.03. The van der Waals surface area contributed by atoms with Crippen LogP contribution in [0.5, 0.6) is 0 Å². The Labute approximate surface area is 81.3 Å². The topological polar surface area (TPSA) is 80.4 Å². The van der Waals surface area contributed by atoms with Crippen molar-refractivity contribution < 1.29 is 14.7 Å². The normalized spacial score (nSPS) is 9.86. The van der Waals surface area contributed by atoms with Crippen molar-refractivity contribution in [1.29, 1.82) is 0 Å². The number of carbonyl (C=O) groups excluding carboxylic acids is 1. The van der Waals surface area contributed by atoms with Crippen molar-refractivity contribution in [2.45, 2.75) is 13.8 Å². The van der Waals surface area contributed by atoms with E-state index >= 15 is 0 Å². The van der Waals surface area contributed by atoms with E-state index < -0.39 is 11.9 Å². The van der Waals surface area contributed by atoms with Gasteiger partial charge >= 0.3 is 5.97 Å². The van der Waals surface area contributed by atoms with Crippen LogP contribution in [0.1, 0.15) is 31.8 Å². The summed E-state index contributed by atoms with van der Waals surface area (Å²) >= 11 is 0. The Morgan fingerprint density at radius 3 is 1.93 bits per heavy atom. The number of carboxylic acids is 1. The average molecular weight is 193 g/mol. The molecule has 4 nitrogen and oxygen atoms in total. The summed E-state index contributed by atoms with van der Waals surface area (Å²) < 4.78 is 0. The first-order valence-electron chi connectivity index (χ1n) is 4.08. The first kappa shape index (κ1) is 10.2. The monoisotopic (exact) mass is 193 g/mol. The van der Waals surface area contributed by atoms with E-state index in [0.717, 1.165) is 0 Å². The van der Waals surface area contributed by atoms with Crippen LogP contribution in [-0.4, -0.2) is 17.0 Å². The number of nitrogens with two attached hydrogens (primary N) is 1. The summed E-state index contributed by atoms with van der Waals surface area (Å²) in [6.07, 6.45) is 0. The summed E-state index contributed by atoms with van der Waals surface area (Å²) in [6, 6.07) is 2.88. The van der Waals surface area contributed by atoms with Crippen LogP contribution in [0.3, 0.4) is 0 Å². The number of aromatic carboxylic acids is 1. The van der Waals surface area contributed by atoms with E-state index in [1.807, 2.05) is 0 Å². The first-order valence-corrected chi connectivity index (χ1v) is 4.08. The Kier molecular flexibility index (Phi) is 2.56. The number of carboxylic acid groups (broad SMARTS) is 1. The van der Waals surface area contributed by atoms with Crippen LogP contribution < -0.4 is 5.73 Å². The number of hydrogen-bond donors (Lipinski definition) is 2. The summed E-state index contributed by atoms with van der Waals surface area (Å²) in [5.41, 5.74) is 6.91. The van der Waals surface area contributed by atoms with Gasteiger partial charge in [-0.1, -0.05) is 0 Å². The second-order valence-corrected chi connectivity index (χ2v) is 3.15. The highest BCUT2D eigenvalue weighted by Crippen LogP contribution is 2.16. The SMILES string of the molecule is Cc1cc(C(=O)O)cc(C)c1C(N)=O. The summed E-state index contributed by atoms with van der Waals surface area (Å²) in [4.78, 5) is 21.7. The van der Waals surface area contributed by atoms with Gasteiger partial charge in [0, 0.05) is 5.56 Å². The van der Waals surface area contributed by atoms with Gasteiger partial charge in [-0.15, -0.1) is 0 Å². The molecule has 74 valence electrons. The second kappa shape index (κ2) is 3.49. The largest absolute Gasteiger partial charge is 0.478 e. The number of carbonyl (C=O) groups is 2. The van der Waals surface area contributed by atoms with Gasteiger partial charge < -0.3 is 10.8 Å². The van der Waals surface area contributed by atoms with Crippen molar-refractivity contribution in [2.75, 3.05) is 0 Å². The molecule has 0 saturated heterocycles. The highest BCUT2D eigenvalue weighted by Gasteiger charge is 2.12. The molecule has 1 amide bonds. The molecule has 1 aromatic rings. The van der Waals surface area contributed by atoms with Gasteiger partial charge in [-0.3, -0.25) is 4.79 Å². The number of primary amides is 1. The van der Waals surface area contributed by atoms with Gasteiger partial charge in [0.15, 0.2) is 0 Å². The predicted molar refractivity (Wildman–Crippen MR) is 51.4 cm³/mol. The quantitative estimate of drug-likeness (QED) is 0.738. The van der Waals surface area contributed by atoms with Crippen LogP contribution >= 0.6 is 0 Å². The minimum atomic E-state index is -1.01. The fourth-order valence-electron chi connectivity index (χ4n) is 1.48. The van der Waals surface area contributed by atoms with Crippen molar-refractivity contribution in [2.24, 2.45) is 5.73 Å². The van der Waals surface area contributed by atoms with E-state index in [1.54, 1.807) is 13.8 Å². The Morgan fingerprint density at radius 2 is 1.64 bits per heavy atom. The van der Waals surface area contributed by atoms with Crippen molar-refractivity contribution >= 4 is 11.9 Å². The van der Waals surface area contributed by atoms with E-state index in [-0.39, 0.29) is 5.56 Å². The standard InChI is InChI=1S/C10H11NO3/c1-5-3-7(10(13)14)4-6(2)8(5)9(11)12/h3-4H,1-2H3,(H2,11,12)(H,13,14). The number of aryl methyl sites for hydroxylation is 2. The molecule has 0 aliphatic rings. The number of hydrogen-bond acceptors (Lipinski definition) is 2. The summed E-state index contributed by atoms with van der Waals surface area (Å²) in [7, 11) is 0. The summed E-state index contributed by atoms with van der Waals surface area (Å²) in [5, 5.41) is 8.75. The molecule has 0 radical (unpaired) electrons. The van der Waals surface area contributed by atoms with E-state index in [9.17, 15) is 9.59 Å². The van der Waals surface area contributed by atoms with Crippen LogP contribution in [-0.2, 0) is 0 Å². The molecule has 1 rings (SSSR count). The lowest BCUT2D eigenvalue weighted by Gasteiger charge is -2.07. The molecule has 3 N–H and O–H groups in total. The Hall–Kier alpha value is -1.84. The Morgan fingerprint density at radius 1 is 1.21 bits per heavy atom. The Balaban J connectivity index is 3.39. The first-order chi connectivity index (χ1) is 6.43. The minimum Gasteiger partial charge on any atom is -0.478 e. The number of benzene rings is 1. The van der Waals surface area contributed by atoms with Crippen molar-refractivity contribution in [3.8, 4) is 0 Å². The molecular weight excluding hydrogens is 182 g/mol. The molecule has 0 aliphatic carbocycles. The van der Waals surface area contributed by atoms with Gasteiger partial charge in [-0.05, 0) is 37.1 Å². The average Bonchev–Trinajstić information content (AvgIpc) is 2.01. The van der Waals surface area contributed by atoms with Gasteiger partial charge in [0.05, 0.1) is 5.56 Å². The number of rotatable bonds is 2. The zero-order valence-electron chi connectivity index (χ0n) is 8.00. The van der Waals surface area contributed by atoms with Gasteiger partial charge in [0.1, 0.15) is 0 Å². The van der Waals surface area contributed by atoms with Gasteiger partial charge in [0.2, 0.25) is 5.91 Å². The van der Waals surface area contributed by atoms with E-state index in [0.29, 0.717) is 16.7 Å². The zero-order valence-corrected chi connectivity index (χ0v) is 8.00. The maximum Gasteiger partial charge on any atom is 0.335 e. The highest BCUT2D eigenvalue weighted by atomic mass is 16.4. The molecule has 0 bridgehead atoms. The fourth-order valence-corrected chi connectivity index (χ4v) is 1.48. The molecule has 1 aromatic carbocycles. The van der Waals surface area contributed by atoms with E-state index in [1.165, 1.54) is 12.1 Å². The lowest BCUT2D eigenvalue weighted by atomic mass is 9.99. The van der Waals surface area contributed by atoms with Gasteiger partial charge in [-0.25, -0.2) is 4.79 Å². The lowest BCUT2D eigenvalue weighted by molar-refractivity contribution is 0.0696. The smallest absolute Gasteiger partial charge is 0.335 e. The molecule has 0 atom stereocenters. The molecule has 0 fully saturated rings. The van der Waals surface area contributed by atoms with Crippen molar-refractivity contribution in [3.63, 3.8) is 0 Å². The maximum atomic E-state index is 11.0. The molecule has 0 saturated carbocycles. The number of amides is 1. The second-order valence-electron chi connectivity index (χ2n) is 3.15. The van der Waals surface area contributed by atoms with Crippen LogP contribution in [0.25, 0.3) is 0 Å². The molecule has 0 aromatic heterocycles. The van der Waals surface area contributed by atoms with E-state index in [4.69, 9.17) is 10.8 Å². The molecule has 14 heavy (non-hydrogen) atoms. The lowest BCUT2D eigenvalue weighted by Crippen LogP contribution is -2.15.